The zero-order valence-electron chi connectivity index (χ0n) is 16.4. The van der Waals surface area contributed by atoms with Gasteiger partial charge in [0.2, 0.25) is 20.0 Å². The lowest BCUT2D eigenvalue weighted by Gasteiger charge is -2.29. The van der Waals surface area contributed by atoms with Crippen molar-refractivity contribution in [3.63, 3.8) is 0 Å². The maximum atomic E-state index is 12.9. The van der Waals surface area contributed by atoms with Gasteiger partial charge < -0.3 is 0 Å². The highest BCUT2D eigenvalue weighted by molar-refractivity contribution is 7.92. The third-order valence-corrected chi connectivity index (χ3v) is 8.51. The van der Waals surface area contributed by atoms with Crippen LogP contribution in [0.4, 0.5) is 5.69 Å². The molecular weight excluding hydrogens is 396 g/mol. The van der Waals surface area contributed by atoms with Crippen molar-refractivity contribution in [3.05, 3.63) is 58.7 Å². The van der Waals surface area contributed by atoms with E-state index >= 15 is 0 Å². The molecule has 0 spiro atoms. The lowest BCUT2D eigenvalue weighted by atomic mass is 10.1. The molecule has 0 aromatic heterocycles. The first-order valence-electron chi connectivity index (χ1n) is 9.27. The zero-order chi connectivity index (χ0) is 20.5. The standard InChI is InChI=1S/C20H26N2O4S2/c1-15-6-8-18(9-7-15)14-21-28(25,26)20-16(2)12-19(13-17(20)3)22-10-4-5-11-27(22,23)24/h6-9,12-13,21H,4-5,10-11,14H2,1-3H3. The van der Waals surface area contributed by atoms with Crippen molar-refractivity contribution in [1.82, 2.24) is 4.72 Å². The quantitative estimate of drug-likeness (QED) is 0.803. The van der Waals surface area contributed by atoms with Crippen LogP contribution in [0.3, 0.4) is 0 Å². The Morgan fingerprint density at radius 2 is 1.61 bits per heavy atom. The molecule has 1 saturated heterocycles. The maximum Gasteiger partial charge on any atom is 0.241 e. The molecule has 0 amide bonds. The molecule has 8 heteroatoms. The van der Waals surface area contributed by atoms with Gasteiger partial charge in [0.1, 0.15) is 0 Å². The van der Waals surface area contributed by atoms with Crippen molar-refractivity contribution in [1.29, 1.82) is 0 Å². The third-order valence-electron chi connectivity index (χ3n) is 4.94. The largest absolute Gasteiger partial charge is 0.270 e. The fourth-order valence-electron chi connectivity index (χ4n) is 3.53. The normalized spacial score (nSPS) is 16.9. The Balaban J connectivity index is 1.88. The first-order chi connectivity index (χ1) is 13.1. The summed E-state index contributed by atoms with van der Waals surface area (Å²) in [4.78, 5) is 0.206. The van der Waals surface area contributed by atoms with Gasteiger partial charge in [-0.25, -0.2) is 21.6 Å². The van der Waals surface area contributed by atoms with E-state index in [1.54, 1.807) is 26.0 Å². The van der Waals surface area contributed by atoms with E-state index in [9.17, 15) is 16.8 Å². The molecule has 3 rings (SSSR count). The third kappa shape index (κ3) is 4.39. The van der Waals surface area contributed by atoms with Gasteiger partial charge in [-0.2, -0.15) is 0 Å². The Morgan fingerprint density at radius 1 is 1.00 bits per heavy atom. The first kappa shape index (κ1) is 20.8. The van der Waals surface area contributed by atoms with Gasteiger partial charge in [0.05, 0.1) is 16.3 Å². The number of hydrogen-bond donors (Lipinski definition) is 1. The average molecular weight is 423 g/mol. The zero-order valence-corrected chi connectivity index (χ0v) is 18.0. The molecule has 1 heterocycles. The number of nitrogens with one attached hydrogen (secondary N) is 1. The smallest absolute Gasteiger partial charge is 0.241 e. The summed E-state index contributed by atoms with van der Waals surface area (Å²) in [6.45, 7) is 6.01. The van der Waals surface area contributed by atoms with E-state index in [1.165, 1.54) is 4.31 Å². The van der Waals surface area contributed by atoms with Crippen LogP contribution in [0, 0.1) is 20.8 Å². The van der Waals surface area contributed by atoms with E-state index in [0.717, 1.165) is 17.5 Å². The molecule has 1 aliphatic rings. The summed E-state index contributed by atoms with van der Waals surface area (Å²) < 4.78 is 54.5. The Morgan fingerprint density at radius 3 is 2.18 bits per heavy atom. The summed E-state index contributed by atoms with van der Waals surface area (Å²) in [6, 6.07) is 11.0. The number of sulfonamides is 2. The minimum Gasteiger partial charge on any atom is -0.270 e. The molecule has 0 saturated carbocycles. The average Bonchev–Trinajstić information content (AvgIpc) is 2.60. The van der Waals surface area contributed by atoms with Crippen LogP contribution in [0.25, 0.3) is 0 Å². The van der Waals surface area contributed by atoms with Gasteiger partial charge in [-0.05, 0) is 62.4 Å². The second kappa shape index (κ2) is 7.85. The number of hydrogen-bond acceptors (Lipinski definition) is 4. The van der Waals surface area contributed by atoms with Gasteiger partial charge in [-0.15, -0.1) is 0 Å². The molecule has 2 aromatic rings. The lowest BCUT2D eigenvalue weighted by Crippen LogP contribution is -2.38. The van der Waals surface area contributed by atoms with E-state index in [0.29, 0.717) is 29.8 Å². The van der Waals surface area contributed by atoms with Crippen LogP contribution in [0.1, 0.15) is 35.1 Å². The SMILES string of the molecule is Cc1ccc(CNS(=O)(=O)c2c(C)cc(N3CCCCS3(=O)=O)cc2C)cc1. The topological polar surface area (TPSA) is 83.6 Å². The molecule has 2 aromatic carbocycles. The highest BCUT2D eigenvalue weighted by atomic mass is 32.2. The minimum absolute atomic E-state index is 0.128. The number of anilines is 1. The van der Waals surface area contributed by atoms with Gasteiger partial charge in [0.15, 0.2) is 0 Å². The molecule has 6 nitrogen and oxygen atoms in total. The summed E-state index contributed by atoms with van der Waals surface area (Å²) in [5.41, 5.74) is 3.59. The van der Waals surface area contributed by atoms with Gasteiger partial charge in [-0.1, -0.05) is 29.8 Å². The lowest BCUT2D eigenvalue weighted by molar-refractivity contribution is 0.574. The number of nitrogens with zero attached hydrogens (tertiary/aromatic N) is 1. The summed E-state index contributed by atoms with van der Waals surface area (Å²) in [7, 11) is -7.06. The van der Waals surface area contributed by atoms with Crippen molar-refractivity contribution in [2.24, 2.45) is 0 Å². The summed E-state index contributed by atoms with van der Waals surface area (Å²) in [5, 5.41) is 0. The van der Waals surface area contributed by atoms with Gasteiger partial charge >= 0.3 is 0 Å². The van der Waals surface area contributed by atoms with Crippen molar-refractivity contribution < 1.29 is 16.8 Å². The number of aryl methyl sites for hydroxylation is 3. The van der Waals surface area contributed by atoms with Gasteiger partial charge in [0.25, 0.3) is 0 Å². The Hall–Kier alpha value is -1.90. The van der Waals surface area contributed by atoms with Crippen molar-refractivity contribution in [2.75, 3.05) is 16.6 Å². The molecular formula is C20H26N2O4S2. The van der Waals surface area contributed by atoms with E-state index in [1.807, 2.05) is 31.2 Å². The fraction of sp³-hybridized carbons (Fsp3) is 0.400. The van der Waals surface area contributed by atoms with Crippen molar-refractivity contribution in [3.8, 4) is 0 Å². The number of rotatable bonds is 5. The van der Waals surface area contributed by atoms with E-state index in [4.69, 9.17) is 0 Å². The first-order valence-corrected chi connectivity index (χ1v) is 12.4. The molecule has 0 bridgehead atoms. The van der Waals surface area contributed by atoms with Crippen LogP contribution in [0.5, 0.6) is 0 Å². The summed E-state index contributed by atoms with van der Waals surface area (Å²) in [6.07, 6.45) is 1.46. The Kier molecular flexibility index (Phi) is 5.84. The predicted molar refractivity (Wildman–Crippen MR) is 111 cm³/mol. The van der Waals surface area contributed by atoms with Gasteiger partial charge in [-0.3, -0.25) is 4.31 Å². The Labute approximate surface area is 167 Å². The van der Waals surface area contributed by atoms with E-state index < -0.39 is 20.0 Å². The summed E-state index contributed by atoms with van der Waals surface area (Å²) in [5.74, 6) is 0.128. The Bertz CT molecular complexity index is 1050. The fourth-order valence-corrected chi connectivity index (χ4v) is 6.62. The van der Waals surface area contributed by atoms with Crippen LogP contribution >= 0.6 is 0 Å². The molecule has 28 heavy (non-hydrogen) atoms. The molecule has 1 fully saturated rings. The molecule has 152 valence electrons. The van der Waals surface area contributed by atoms with Crippen molar-refractivity contribution >= 4 is 25.7 Å². The van der Waals surface area contributed by atoms with Crippen LogP contribution in [0.15, 0.2) is 41.3 Å². The minimum atomic E-state index is -3.72. The van der Waals surface area contributed by atoms with E-state index in [-0.39, 0.29) is 17.2 Å². The van der Waals surface area contributed by atoms with E-state index in [2.05, 4.69) is 4.72 Å². The van der Waals surface area contributed by atoms with Crippen molar-refractivity contribution in [2.45, 2.75) is 45.1 Å². The maximum absolute atomic E-state index is 12.9. The van der Waals surface area contributed by atoms with Crippen LogP contribution in [0.2, 0.25) is 0 Å². The molecule has 1 N–H and O–H groups in total. The molecule has 0 radical (unpaired) electrons. The second-order valence-electron chi connectivity index (χ2n) is 7.31. The molecule has 0 aliphatic carbocycles. The molecule has 1 aliphatic heterocycles. The monoisotopic (exact) mass is 422 g/mol. The summed E-state index contributed by atoms with van der Waals surface area (Å²) >= 11 is 0. The molecule has 0 atom stereocenters. The van der Waals surface area contributed by atoms with Crippen LogP contribution in [-0.4, -0.2) is 29.1 Å². The predicted octanol–water partition coefficient (Wildman–Crippen LogP) is 3.02. The second-order valence-corrected chi connectivity index (χ2v) is 11.0. The van der Waals surface area contributed by atoms with Crippen LogP contribution in [-0.2, 0) is 26.6 Å². The highest BCUT2D eigenvalue weighted by Gasteiger charge is 2.28. The van der Waals surface area contributed by atoms with Gasteiger partial charge in [0, 0.05) is 13.1 Å². The molecule has 0 unspecified atom stereocenters. The highest BCUT2D eigenvalue weighted by Crippen LogP contribution is 2.30. The van der Waals surface area contributed by atoms with Crippen LogP contribution < -0.4 is 9.03 Å². The number of benzene rings is 2.